The lowest BCUT2D eigenvalue weighted by atomic mass is 9.89. The van der Waals surface area contributed by atoms with Crippen LogP contribution in [0.25, 0.3) is 0 Å². The molecule has 0 saturated carbocycles. The van der Waals surface area contributed by atoms with Crippen molar-refractivity contribution in [2.45, 2.75) is 86.5 Å². The van der Waals surface area contributed by atoms with Crippen molar-refractivity contribution in [2.24, 2.45) is 5.92 Å². The van der Waals surface area contributed by atoms with Gasteiger partial charge in [0.15, 0.2) is 0 Å². The fourth-order valence-corrected chi connectivity index (χ4v) is 2.44. The molecule has 0 fully saturated rings. The van der Waals surface area contributed by atoms with Crippen LogP contribution >= 0.6 is 0 Å². The van der Waals surface area contributed by atoms with Crippen LogP contribution in [0.1, 0.15) is 86.5 Å². The van der Waals surface area contributed by atoms with E-state index in [1.807, 2.05) is 13.8 Å². The monoisotopic (exact) mass is 276 g/mol. The maximum atomic E-state index is 2.49. The van der Waals surface area contributed by atoms with Crippen LogP contribution in [-0.2, 0) is 0 Å². The van der Waals surface area contributed by atoms with Gasteiger partial charge in [-0.2, -0.15) is 0 Å². The summed E-state index contributed by atoms with van der Waals surface area (Å²) in [5, 5.41) is 0. The Kier molecular flexibility index (Phi) is 11.5. The number of hydrogen-bond donors (Lipinski definition) is 0. The first-order valence-electron chi connectivity index (χ1n) is 8.55. The maximum Gasteiger partial charge on any atom is -0.0285 e. The zero-order chi connectivity index (χ0) is 15.4. The van der Waals surface area contributed by atoms with Crippen molar-refractivity contribution in [3.05, 3.63) is 34.9 Å². The van der Waals surface area contributed by atoms with Gasteiger partial charge < -0.3 is 0 Å². The summed E-state index contributed by atoms with van der Waals surface area (Å²) in [6, 6.07) is 0. The molecular weight excluding hydrogens is 240 g/mol. The third-order valence-electron chi connectivity index (χ3n) is 3.82. The van der Waals surface area contributed by atoms with Gasteiger partial charge in [-0.3, -0.25) is 0 Å². The first-order chi connectivity index (χ1) is 9.58. The second-order valence-electron chi connectivity index (χ2n) is 6.15. The molecule has 116 valence electrons. The van der Waals surface area contributed by atoms with Gasteiger partial charge in [-0.1, -0.05) is 55.7 Å². The van der Waals surface area contributed by atoms with E-state index >= 15 is 0 Å². The molecule has 1 aliphatic rings. The van der Waals surface area contributed by atoms with E-state index < -0.39 is 0 Å². The zero-order valence-corrected chi connectivity index (χ0v) is 14.8. The third-order valence-corrected chi connectivity index (χ3v) is 3.82. The summed E-state index contributed by atoms with van der Waals surface area (Å²) in [5.74, 6) is 0.912. The molecule has 1 atom stereocenters. The van der Waals surface area contributed by atoms with E-state index in [2.05, 4.69) is 45.9 Å². The molecule has 1 unspecified atom stereocenters. The highest BCUT2D eigenvalue weighted by Gasteiger charge is 2.08. The SMILES string of the molecule is CC.CC(C)=CCC/C(C)=C/CCC1=CCC(C)CC1. The predicted octanol–water partition coefficient (Wildman–Crippen LogP) is 7.23. The van der Waals surface area contributed by atoms with Crippen LogP contribution in [0.2, 0.25) is 0 Å². The van der Waals surface area contributed by atoms with Crippen LogP contribution in [-0.4, -0.2) is 0 Å². The molecule has 0 aromatic rings. The molecule has 0 aromatic carbocycles. The molecule has 0 radical (unpaired) electrons. The summed E-state index contributed by atoms with van der Waals surface area (Å²) in [6.45, 7) is 13.0. The van der Waals surface area contributed by atoms with Crippen molar-refractivity contribution >= 4 is 0 Å². The first-order valence-corrected chi connectivity index (χ1v) is 8.55. The van der Waals surface area contributed by atoms with Gasteiger partial charge in [0.05, 0.1) is 0 Å². The standard InChI is InChI=1S/C18H30.C2H6/c1-15(2)7-5-8-16(3)9-6-10-18-13-11-17(4)12-14-18;1-2/h7,9,13,17H,5-6,8,10-12,14H2,1-4H3;1-2H3/b16-9+;. The molecule has 0 N–H and O–H groups in total. The van der Waals surface area contributed by atoms with Crippen molar-refractivity contribution in [1.29, 1.82) is 0 Å². The molecule has 1 aliphatic carbocycles. The molecule has 0 spiro atoms. The minimum absolute atomic E-state index is 0.912. The molecule has 0 nitrogen and oxygen atoms in total. The van der Waals surface area contributed by atoms with Gasteiger partial charge >= 0.3 is 0 Å². The summed E-state index contributed by atoms with van der Waals surface area (Å²) in [4.78, 5) is 0. The Hall–Kier alpha value is -0.780. The Morgan fingerprint density at radius 3 is 2.40 bits per heavy atom. The first kappa shape index (κ1) is 19.2. The molecule has 0 amide bonds. The molecule has 0 aliphatic heterocycles. The summed E-state index contributed by atoms with van der Waals surface area (Å²) in [7, 11) is 0. The van der Waals surface area contributed by atoms with Crippen LogP contribution in [0, 0.1) is 5.92 Å². The van der Waals surface area contributed by atoms with Gasteiger partial charge in [-0.25, -0.2) is 0 Å². The Morgan fingerprint density at radius 2 is 1.85 bits per heavy atom. The fraction of sp³-hybridized carbons (Fsp3) is 0.700. The summed E-state index contributed by atoms with van der Waals surface area (Å²) in [5.41, 5.74) is 4.68. The molecule has 0 bridgehead atoms. The lowest BCUT2D eigenvalue weighted by Gasteiger charge is -2.17. The number of rotatable bonds is 6. The van der Waals surface area contributed by atoms with Crippen LogP contribution < -0.4 is 0 Å². The second kappa shape index (κ2) is 12.0. The van der Waals surface area contributed by atoms with Gasteiger partial charge in [0.25, 0.3) is 0 Å². The highest BCUT2D eigenvalue weighted by molar-refractivity contribution is 5.09. The molecule has 0 saturated heterocycles. The molecule has 0 heteroatoms. The molecule has 0 aromatic heterocycles. The Balaban J connectivity index is 0.00000172. The third kappa shape index (κ3) is 10.1. The largest absolute Gasteiger partial charge is 0.0856 e. The van der Waals surface area contributed by atoms with E-state index in [1.54, 1.807) is 11.1 Å². The van der Waals surface area contributed by atoms with Crippen LogP contribution in [0.5, 0.6) is 0 Å². The minimum atomic E-state index is 0.912. The lowest BCUT2D eigenvalue weighted by Crippen LogP contribution is -2.01. The van der Waals surface area contributed by atoms with E-state index in [0.717, 1.165) is 5.92 Å². The lowest BCUT2D eigenvalue weighted by molar-refractivity contribution is 0.506. The summed E-state index contributed by atoms with van der Waals surface area (Å²) < 4.78 is 0. The smallest absolute Gasteiger partial charge is 0.0285 e. The topological polar surface area (TPSA) is 0 Å². The Labute approximate surface area is 128 Å². The molecular formula is C20H36. The highest BCUT2D eigenvalue weighted by atomic mass is 14.1. The van der Waals surface area contributed by atoms with Crippen molar-refractivity contribution in [1.82, 2.24) is 0 Å². The average Bonchev–Trinajstić information content (AvgIpc) is 2.43. The quantitative estimate of drug-likeness (QED) is 0.449. The molecule has 0 heterocycles. The predicted molar refractivity (Wildman–Crippen MR) is 94.1 cm³/mol. The number of allylic oxidation sites excluding steroid dienone is 6. The summed E-state index contributed by atoms with van der Waals surface area (Å²) >= 11 is 0. The van der Waals surface area contributed by atoms with Gasteiger partial charge in [0.1, 0.15) is 0 Å². The highest BCUT2D eigenvalue weighted by Crippen LogP contribution is 2.26. The summed E-state index contributed by atoms with van der Waals surface area (Å²) in [6.07, 6.45) is 16.2. The maximum absolute atomic E-state index is 2.49. The zero-order valence-electron chi connectivity index (χ0n) is 14.8. The minimum Gasteiger partial charge on any atom is -0.0856 e. The van der Waals surface area contributed by atoms with Crippen LogP contribution in [0.15, 0.2) is 34.9 Å². The van der Waals surface area contributed by atoms with E-state index in [9.17, 15) is 0 Å². The van der Waals surface area contributed by atoms with Crippen molar-refractivity contribution in [2.75, 3.05) is 0 Å². The van der Waals surface area contributed by atoms with Gasteiger partial charge in [0, 0.05) is 0 Å². The normalized spacial score (nSPS) is 18.8. The van der Waals surface area contributed by atoms with Crippen LogP contribution in [0.3, 0.4) is 0 Å². The molecule has 1 rings (SSSR count). The van der Waals surface area contributed by atoms with Crippen molar-refractivity contribution in [3.63, 3.8) is 0 Å². The van der Waals surface area contributed by atoms with Gasteiger partial charge in [0.2, 0.25) is 0 Å². The number of hydrogen-bond acceptors (Lipinski definition) is 0. The Morgan fingerprint density at radius 1 is 1.15 bits per heavy atom. The fourth-order valence-electron chi connectivity index (χ4n) is 2.44. The van der Waals surface area contributed by atoms with Crippen molar-refractivity contribution < 1.29 is 0 Å². The van der Waals surface area contributed by atoms with E-state index in [1.165, 1.54) is 50.5 Å². The van der Waals surface area contributed by atoms with E-state index in [-0.39, 0.29) is 0 Å². The van der Waals surface area contributed by atoms with Gasteiger partial charge in [-0.15, -0.1) is 0 Å². The van der Waals surface area contributed by atoms with E-state index in [4.69, 9.17) is 0 Å². The van der Waals surface area contributed by atoms with Crippen molar-refractivity contribution in [3.8, 4) is 0 Å². The van der Waals surface area contributed by atoms with Gasteiger partial charge in [-0.05, 0) is 71.6 Å². The second-order valence-corrected chi connectivity index (χ2v) is 6.15. The average molecular weight is 277 g/mol. The van der Waals surface area contributed by atoms with E-state index in [0.29, 0.717) is 0 Å². The van der Waals surface area contributed by atoms with Crippen LogP contribution in [0.4, 0.5) is 0 Å². The Bertz CT molecular complexity index is 324. The molecule has 20 heavy (non-hydrogen) atoms.